The number of fused-ring (bicyclic) bond motifs is 1. The first-order valence-electron chi connectivity index (χ1n) is 9.08. The summed E-state index contributed by atoms with van der Waals surface area (Å²) in [5, 5.41) is 0. The number of ether oxygens (including phenoxy) is 1. The number of pyridine rings is 1. The molecule has 0 N–H and O–H groups in total. The number of halogens is 1. The lowest BCUT2D eigenvalue weighted by Gasteiger charge is -2.05. The van der Waals surface area contributed by atoms with Gasteiger partial charge >= 0.3 is 0 Å². The van der Waals surface area contributed by atoms with E-state index in [2.05, 4.69) is 22.6 Å². The average molecular weight is 495 g/mol. The fourth-order valence-corrected chi connectivity index (χ4v) is 4.54. The van der Waals surface area contributed by atoms with Crippen LogP contribution >= 0.6 is 22.6 Å². The van der Waals surface area contributed by atoms with Crippen LogP contribution in [0.5, 0.6) is 5.75 Å². The number of rotatable bonds is 5. The molecule has 0 fully saturated rings. The van der Waals surface area contributed by atoms with Gasteiger partial charge in [-0.25, -0.2) is 0 Å². The van der Waals surface area contributed by atoms with E-state index in [4.69, 9.17) is 4.74 Å². The zero-order valence-electron chi connectivity index (χ0n) is 16.0. The molecule has 0 bridgehead atoms. The number of carbonyl (C=O) groups is 2. The van der Waals surface area contributed by atoms with Crippen LogP contribution in [0.3, 0.4) is 0 Å². The largest absolute Gasteiger partial charge is 0.497 e. The second-order valence-corrected chi connectivity index (χ2v) is 7.84. The minimum Gasteiger partial charge on any atom is -0.497 e. The molecule has 0 aliphatic heterocycles. The number of nitrogens with zero attached hydrogens (tertiary/aromatic N) is 1. The number of aryl methyl sites for hydroxylation is 1. The zero-order chi connectivity index (χ0) is 20.5. The van der Waals surface area contributed by atoms with E-state index in [1.54, 1.807) is 37.4 Å². The Hall–Kier alpha value is -2.93. The molecule has 0 atom stereocenters. The molecule has 5 heteroatoms. The van der Waals surface area contributed by atoms with Crippen LogP contribution in [-0.4, -0.2) is 23.6 Å². The Labute approximate surface area is 182 Å². The second kappa shape index (κ2) is 7.83. The summed E-state index contributed by atoms with van der Waals surface area (Å²) in [4.78, 5) is 25.2. The summed E-state index contributed by atoms with van der Waals surface area (Å²) >= 11 is 2.21. The van der Waals surface area contributed by atoms with Gasteiger partial charge in [-0.05, 0) is 71.5 Å². The standard InChI is InChI=1S/C24H18INO3/c1-15-5-7-16(8-6-15)23-21(25)20(22-18(14-27)4-3-13-26(22)23)24(28)17-9-11-19(29-2)12-10-17/h3-14H,1-2H3. The summed E-state index contributed by atoms with van der Waals surface area (Å²) in [6.45, 7) is 2.04. The molecule has 29 heavy (non-hydrogen) atoms. The van der Waals surface area contributed by atoms with E-state index < -0.39 is 0 Å². The molecule has 2 heterocycles. The normalized spacial score (nSPS) is 10.9. The van der Waals surface area contributed by atoms with Crippen LogP contribution in [0.25, 0.3) is 16.8 Å². The van der Waals surface area contributed by atoms with Crippen molar-refractivity contribution in [2.75, 3.05) is 7.11 Å². The fraction of sp³-hybridized carbons (Fsp3) is 0.0833. The molecule has 0 radical (unpaired) electrons. The Morgan fingerprint density at radius 3 is 2.34 bits per heavy atom. The van der Waals surface area contributed by atoms with Crippen molar-refractivity contribution in [2.45, 2.75) is 6.92 Å². The molecule has 0 saturated heterocycles. The van der Waals surface area contributed by atoms with Gasteiger partial charge in [0.1, 0.15) is 5.75 Å². The maximum Gasteiger partial charge on any atom is 0.196 e. The molecule has 0 amide bonds. The molecular formula is C24H18INO3. The number of hydrogen-bond donors (Lipinski definition) is 0. The van der Waals surface area contributed by atoms with Crippen LogP contribution in [0.2, 0.25) is 0 Å². The topological polar surface area (TPSA) is 47.8 Å². The number of aldehydes is 1. The fourth-order valence-electron chi connectivity index (χ4n) is 3.47. The average Bonchev–Trinajstić information content (AvgIpc) is 3.05. The number of methoxy groups -OCH3 is 1. The van der Waals surface area contributed by atoms with E-state index in [1.165, 1.54) is 0 Å². The number of ketones is 1. The van der Waals surface area contributed by atoms with E-state index in [0.29, 0.717) is 28.0 Å². The van der Waals surface area contributed by atoms with Gasteiger partial charge in [0.05, 0.1) is 27.5 Å². The third-order valence-corrected chi connectivity index (χ3v) is 6.01. The molecule has 0 spiro atoms. The molecule has 0 aliphatic carbocycles. The van der Waals surface area contributed by atoms with E-state index in [9.17, 15) is 9.59 Å². The summed E-state index contributed by atoms with van der Waals surface area (Å²) in [5.74, 6) is 0.564. The van der Waals surface area contributed by atoms with E-state index in [-0.39, 0.29) is 5.78 Å². The van der Waals surface area contributed by atoms with Crippen molar-refractivity contribution >= 4 is 40.2 Å². The van der Waals surface area contributed by atoms with Gasteiger partial charge in [0.15, 0.2) is 12.1 Å². The van der Waals surface area contributed by atoms with Crippen molar-refractivity contribution in [1.29, 1.82) is 0 Å². The molecule has 4 nitrogen and oxygen atoms in total. The van der Waals surface area contributed by atoms with Gasteiger partial charge < -0.3 is 9.14 Å². The van der Waals surface area contributed by atoms with E-state index >= 15 is 0 Å². The van der Waals surface area contributed by atoms with Crippen LogP contribution in [0.1, 0.15) is 31.8 Å². The summed E-state index contributed by atoms with van der Waals surface area (Å²) < 4.78 is 7.95. The van der Waals surface area contributed by atoms with Gasteiger partial charge in [-0.2, -0.15) is 0 Å². The first kappa shape index (κ1) is 19.4. The third-order valence-electron chi connectivity index (χ3n) is 4.96. The Morgan fingerprint density at radius 2 is 1.72 bits per heavy atom. The van der Waals surface area contributed by atoms with Gasteiger partial charge in [0, 0.05) is 17.3 Å². The van der Waals surface area contributed by atoms with Crippen molar-refractivity contribution in [2.24, 2.45) is 0 Å². The Bertz CT molecular complexity index is 1220. The molecule has 4 aromatic rings. The highest BCUT2D eigenvalue weighted by Gasteiger charge is 2.25. The molecule has 0 saturated carbocycles. The zero-order valence-corrected chi connectivity index (χ0v) is 18.1. The number of benzene rings is 2. The number of carbonyl (C=O) groups excluding carboxylic acids is 2. The van der Waals surface area contributed by atoms with Crippen LogP contribution in [0.4, 0.5) is 0 Å². The monoisotopic (exact) mass is 495 g/mol. The maximum absolute atomic E-state index is 13.5. The predicted molar refractivity (Wildman–Crippen MR) is 122 cm³/mol. The van der Waals surface area contributed by atoms with E-state index in [1.807, 2.05) is 47.9 Å². The van der Waals surface area contributed by atoms with E-state index in [0.717, 1.165) is 26.7 Å². The molecule has 2 aromatic carbocycles. The maximum atomic E-state index is 13.5. The molecule has 2 aromatic heterocycles. The third kappa shape index (κ3) is 3.35. The Kier molecular flexibility index (Phi) is 5.24. The first-order valence-corrected chi connectivity index (χ1v) is 10.2. The predicted octanol–water partition coefficient (Wildman–Crippen LogP) is 5.57. The van der Waals surface area contributed by atoms with Crippen molar-refractivity contribution in [3.8, 4) is 17.0 Å². The molecule has 0 aliphatic rings. The minimum absolute atomic E-state index is 0.123. The highest BCUT2D eigenvalue weighted by molar-refractivity contribution is 14.1. The van der Waals surface area contributed by atoms with Crippen LogP contribution in [0.15, 0.2) is 66.9 Å². The van der Waals surface area contributed by atoms with Gasteiger partial charge in [-0.3, -0.25) is 9.59 Å². The lowest BCUT2D eigenvalue weighted by molar-refractivity contribution is 0.103. The summed E-state index contributed by atoms with van der Waals surface area (Å²) in [6.07, 6.45) is 2.69. The van der Waals surface area contributed by atoms with Crippen molar-refractivity contribution in [3.63, 3.8) is 0 Å². The second-order valence-electron chi connectivity index (χ2n) is 6.76. The lowest BCUT2D eigenvalue weighted by atomic mass is 10.0. The quantitative estimate of drug-likeness (QED) is 0.207. The van der Waals surface area contributed by atoms with Gasteiger partial charge in [-0.15, -0.1) is 0 Å². The van der Waals surface area contributed by atoms with Crippen molar-refractivity contribution < 1.29 is 14.3 Å². The van der Waals surface area contributed by atoms with Crippen molar-refractivity contribution in [1.82, 2.24) is 4.40 Å². The lowest BCUT2D eigenvalue weighted by Crippen LogP contribution is -2.04. The molecule has 144 valence electrons. The van der Waals surface area contributed by atoms with Gasteiger partial charge in [0.2, 0.25) is 0 Å². The number of aromatic nitrogens is 1. The molecular weight excluding hydrogens is 477 g/mol. The summed E-state index contributed by atoms with van der Waals surface area (Å²) in [7, 11) is 1.59. The first-order chi connectivity index (χ1) is 14.0. The Balaban J connectivity index is 2.00. The van der Waals surface area contributed by atoms with Crippen LogP contribution in [-0.2, 0) is 0 Å². The SMILES string of the molecule is COc1ccc(C(=O)c2c(I)c(-c3ccc(C)cc3)n3cccc(C=O)c23)cc1. The smallest absolute Gasteiger partial charge is 0.196 e. The van der Waals surface area contributed by atoms with Gasteiger partial charge in [-0.1, -0.05) is 29.8 Å². The molecule has 0 unspecified atom stereocenters. The van der Waals surface area contributed by atoms with Gasteiger partial charge in [0.25, 0.3) is 0 Å². The highest BCUT2D eigenvalue weighted by atomic mass is 127. The summed E-state index contributed by atoms with van der Waals surface area (Å²) in [6, 6.07) is 18.7. The van der Waals surface area contributed by atoms with Crippen molar-refractivity contribution in [3.05, 3.63) is 92.7 Å². The highest BCUT2D eigenvalue weighted by Crippen LogP contribution is 2.36. The minimum atomic E-state index is -0.123. The summed E-state index contributed by atoms with van der Waals surface area (Å²) in [5.41, 5.74) is 5.26. The number of hydrogen-bond acceptors (Lipinski definition) is 3. The van der Waals surface area contributed by atoms with Crippen LogP contribution in [0, 0.1) is 10.5 Å². The Morgan fingerprint density at radius 1 is 1.03 bits per heavy atom. The van der Waals surface area contributed by atoms with Crippen LogP contribution < -0.4 is 4.74 Å². The molecule has 4 rings (SSSR count).